The molecule has 0 saturated carbocycles. The number of phenols is 1. The Bertz CT molecular complexity index is 416. The van der Waals surface area contributed by atoms with Gasteiger partial charge in [0.25, 0.3) is 5.91 Å². The summed E-state index contributed by atoms with van der Waals surface area (Å²) in [5, 5.41) is 9.42. The van der Waals surface area contributed by atoms with Crippen LogP contribution in [0, 0.1) is 5.92 Å². The molecule has 0 aromatic heterocycles. The van der Waals surface area contributed by atoms with E-state index < -0.39 is 5.91 Å². The zero-order valence-electron chi connectivity index (χ0n) is 9.86. The molecule has 0 atom stereocenters. The number of aromatic hydroxyl groups is 1. The van der Waals surface area contributed by atoms with Crippen molar-refractivity contribution in [1.29, 1.82) is 0 Å². The molecule has 5 heteroatoms. The van der Waals surface area contributed by atoms with Gasteiger partial charge in [0.05, 0.1) is 5.56 Å². The third-order valence-corrected chi connectivity index (χ3v) is 2.06. The average molecular weight is 236 g/mol. The molecule has 0 spiro atoms. The molecule has 92 valence electrons. The number of benzene rings is 1. The maximum atomic E-state index is 11.6. The SMILES string of the molecule is CC(C)CC(=O)NNC(=O)c1ccccc1O. The Morgan fingerprint density at radius 2 is 1.88 bits per heavy atom. The number of amides is 2. The third kappa shape index (κ3) is 4.14. The summed E-state index contributed by atoms with van der Waals surface area (Å²) in [7, 11) is 0. The predicted octanol–water partition coefficient (Wildman–Crippen LogP) is 1.20. The second-order valence-electron chi connectivity index (χ2n) is 4.12. The molecule has 0 bridgehead atoms. The summed E-state index contributed by atoms with van der Waals surface area (Å²) in [6.07, 6.45) is 0.334. The van der Waals surface area contributed by atoms with Gasteiger partial charge in [0.2, 0.25) is 5.91 Å². The molecule has 5 nitrogen and oxygen atoms in total. The minimum atomic E-state index is -0.541. The standard InChI is InChI=1S/C12H16N2O3/c1-8(2)7-11(16)13-14-12(17)9-5-3-4-6-10(9)15/h3-6,8,15H,7H2,1-2H3,(H,13,16)(H,14,17). The van der Waals surface area contributed by atoms with Gasteiger partial charge in [-0.3, -0.25) is 20.4 Å². The Kier molecular flexibility index (Phi) is 4.51. The Balaban J connectivity index is 2.51. The van der Waals surface area contributed by atoms with Gasteiger partial charge in [0, 0.05) is 6.42 Å². The van der Waals surface area contributed by atoms with Crippen molar-refractivity contribution in [2.45, 2.75) is 20.3 Å². The first-order valence-electron chi connectivity index (χ1n) is 5.38. The highest BCUT2D eigenvalue weighted by molar-refractivity contribution is 5.97. The summed E-state index contributed by atoms with van der Waals surface area (Å²) in [6, 6.07) is 6.12. The minimum Gasteiger partial charge on any atom is -0.507 e. The van der Waals surface area contributed by atoms with Crippen LogP contribution in [0.15, 0.2) is 24.3 Å². The van der Waals surface area contributed by atoms with Crippen molar-refractivity contribution in [3.8, 4) is 5.75 Å². The normalized spacial score (nSPS) is 10.1. The number of nitrogens with one attached hydrogen (secondary N) is 2. The van der Waals surface area contributed by atoms with Crippen LogP contribution in [0.25, 0.3) is 0 Å². The molecule has 3 N–H and O–H groups in total. The lowest BCUT2D eigenvalue weighted by molar-refractivity contribution is -0.122. The summed E-state index contributed by atoms with van der Waals surface area (Å²) < 4.78 is 0. The third-order valence-electron chi connectivity index (χ3n) is 2.06. The van der Waals surface area contributed by atoms with E-state index in [2.05, 4.69) is 10.9 Å². The zero-order valence-corrected chi connectivity index (χ0v) is 9.86. The monoisotopic (exact) mass is 236 g/mol. The average Bonchev–Trinajstić information content (AvgIpc) is 2.25. The highest BCUT2D eigenvalue weighted by Crippen LogP contribution is 2.14. The van der Waals surface area contributed by atoms with E-state index in [-0.39, 0.29) is 23.1 Å². The van der Waals surface area contributed by atoms with Crippen LogP contribution in [0.3, 0.4) is 0 Å². The fourth-order valence-corrected chi connectivity index (χ4v) is 1.28. The van der Waals surface area contributed by atoms with Crippen molar-refractivity contribution in [3.63, 3.8) is 0 Å². The number of phenolic OH excluding ortho intramolecular Hbond substituents is 1. The molecule has 1 aromatic carbocycles. The van der Waals surface area contributed by atoms with Crippen LogP contribution in [0.5, 0.6) is 5.75 Å². The molecular weight excluding hydrogens is 220 g/mol. The van der Waals surface area contributed by atoms with Gasteiger partial charge in [0.15, 0.2) is 0 Å². The molecule has 1 aromatic rings. The summed E-state index contributed by atoms with van der Waals surface area (Å²) >= 11 is 0. The fourth-order valence-electron chi connectivity index (χ4n) is 1.28. The molecule has 0 unspecified atom stereocenters. The summed E-state index contributed by atoms with van der Waals surface area (Å²) in [6.45, 7) is 3.81. The van der Waals surface area contributed by atoms with Crippen LogP contribution in [0.2, 0.25) is 0 Å². The lowest BCUT2D eigenvalue weighted by Crippen LogP contribution is -2.42. The van der Waals surface area contributed by atoms with E-state index in [9.17, 15) is 14.7 Å². The van der Waals surface area contributed by atoms with Gasteiger partial charge in [0.1, 0.15) is 5.75 Å². The largest absolute Gasteiger partial charge is 0.507 e. The van der Waals surface area contributed by atoms with Gasteiger partial charge in [-0.2, -0.15) is 0 Å². The van der Waals surface area contributed by atoms with Crippen LogP contribution in [-0.2, 0) is 4.79 Å². The van der Waals surface area contributed by atoms with E-state index in [0.29, 0.717) is 6.42 Å². The van der Waals surface area contributed by atoms with Crippen molar-refractivity contribution in [2.75, 3.05) is 0 Å². The Labute approximate surface area is 99.8 Å². The summed E-state index contributed by atoms with van der Waals surface area (Å²) in [5.41, 5.74) is 4.66. The number of carbonyl (C=O) groups excluding carboxylic acids is 2. The first-order chi connectivity index (χ1) is 8.00. The maximum absolute atomic E-state index is 11.6. The predicted molar refractivity (Wildman–Crippen MR) is 63.2 cm³/mol. The number of hydrazine groups is 1. The van der Waals surface area contributed by atoms with Gasteiger partial charge in [-0.1, -0.05) is 26.0 Å². The first-order valence-corrected chi connectivity index (χ1v) is 5.38. The van der Waals surface area contributed by atoms with E-state index >= 15 is 0 Å². The number of para-hydroxylation sites is 1. The van der Waals surface area contributed by atoms with E-state index in [1.807, 2.05) is 13.8 Å². The van der Waals surface area contributed by atoms with Crippen molar-refractivity contribution >= 4 is 11.8 Å². The van der Waals surface area contributed by atoms with E-state index in [1.165, 1.54) is 12.1 Å². The Hall–Kier alpha value is -2.04. The van der Waals surface area contributed by atoms with Gasteiger partial charge in [-0.15, -0.1) is 0 Å². The van der Waals surface area contributed by atoms with Gasteiger partial charge in [-0.25, -0.2) is 0 Å². The van der Waals surface area contributed by atoms with Crippen LogP contribution in [0.4, 0.5) is 0 Å². The van der Waals surface area contributed by atoms with Crippen molar-refractivity contribution in [3.05, 3.63) is 29.8 Å². The van der Waals surface area contributed by atoms with Crippen molar-refractivity contribution in [2.24, 2.45) is 5.92 Å². The molecule has 0 saturated heterocycles. The Morgan fingerprint density at radius 1 is 1.24 bits per heavy atom. The quantitative estimate of drug-likeness (QED) is 0.690. The zero-order chi connectivity index (χ0) is 12.8. The van der Waals surface area contributed by atoms with E-state index in [4.69, 9.17) is 0 Å². The highest BCUT2D eigenvalue weighted by atomic mass is 16.3. The summed E-state index contributed by atoms with van der Waals surface area (Å²) in [5.74, 6) is -0.705. The molecular formula is C12H16N2O3. The number of carbonyl (C=O) groups is 2. The number of hydrogen-bond acceptors (Lipinski definition) is 3. The first kappa shape index (κ1) is 13.0. The van der Waals surface area contributed by atoms with Crippen LogP contribution < -0.4 is 10.9 Å². The maximum Gasteiger partial charge on any atom is 0.273 e. The van der Waals surface area contributed by atoms with Gasteiger partial charge >= 0.3 is 0 Å². The molecule has 1 rings (SSSR count). The van der Waals surface area contributed by atoms with Crippen molar-refractivity contribution < 1.29 is 14.7 Å². The van der Waals surface area contributed by atoms with Crippen LogP contribution >= 0.6 is 0 Å². The molecule has 0 fully saturated rings. The molecule has 0 aliphatic rings. The lowest BCUT2D eigenvalue weighted by atomic mass is 10.1. The van der Waals surface area contributed by atoms with Gasteiger partial charge < -0.3 is 5.11 Å². The van der Waals surface area contributed by atoms with E-state index in [1.54, 1.807) is 12.1 Å². The second-order valence-corrected chi connectivity index (χ2v) is 4.12. The van der Waals surface area contributed by atoms with Crippen molar-refractivity contribution in [1.82, 2.24) is 10.9 Å². The molecule has 0 aliphatic carbocycles. The highest BCUT2D eigenvalue weighted by Gasteiger charge is 2.11. The second kappa shape index (κ2) is 5.89. The topological polar surface area (TPSA) is 78.4 Å². The van der Waals surface area contributed by atoms with Crippen LogP contribution in [0.1, 0.15) is 30.6 Å². The van der Waals surface area contributed by atoms with Crippen LogP contribution in [-0.4, -0.2) is 16.9 Å². The molecule has 0 heterocycles. The molecule has 17 heavy (non-hydrogen) atoms. The van der Waals surface area contributed by atoms with Gasteiger partial charge in [-0.05, 0) is 18.1 Å². The Morgan fingerprint density at radius 3 is 2.47 bits per heavy atom. The molecule has 2 amide bonds. The number of rotatable bonds is 3. The molecule has 0 aliphatic heterocycles. The van der Waals surface area contributed by atoms with E-state index in [0.717, 1.165) is 0 Å². The lowest BCUT2D eigenvalue weighted by Gasteiger charge is -2.09. The minimum absolute atomic E-state index is 0.122. The number of hydrogen-bond donors (Lipinski definition) is 3. The summed E-state index contributed by atoms with van der Waals surface area (Å²) in [4.78, 5) is 22.9. The fraction of sp³-hybridized carbons (Fsp3) is 0.333. The smallest absolute Gasteiger partial charge is 0.273 e. The molecule has 0 radical (unpaired) electrons.